The van der Waals surface area contributed by atoms with Gasteiger partial charge in [-0.3, -0.25) is 14.8 Å². The smallest absolute Gasteiger partial charge is 0.416 e. The van der Waals surface area contributed by atoms with E-state index in [-0.39, 0.29) is 75.9 Å². The number of alkyl halides is 11. The molecule has 28 heteroatoms. The largest absolute Gasteiger partial charge is 0.497 e. The SMILES string of the molecule is COc1ccc(F)c([C@@]2(C(F)F)N=C(CC(=O)c3ccccc3)O[C@@H]3C[C@@H]32)c1.NC1=N[C@@](c2cc(/C=C(\F)c3ccc(Cl)cn3)ccc2F)(C(F)F)[C@H]2C[C@H]2O1.O=S(=O)(c1cc(C(F)(F)F)cc(C(F)(F)F)c1)C(F)c1ccc(Cl)cn1. The maximum atomic E-state index is 14.6. The number of hydrogen-bond donors (Lipinski definition) is 1. The van der Waals surface area contributed by atoms with Crippen molar-refractivity contribution in [2.75, 3.05) is 7.11 Å². The fraction of sp³-hybridized carbons (Fsp3) is 0.278. The number of pyridine rings is 2. The van der Waals surface area contributed by atoms with Crippen molar-refractivity contribution in [2.45, 2.75) is 78.2 Å². The predicted octanol–water partition coefficient (Wildman–Crippen LogP) is 14.1. The van der Waals surface area contributed by atoms with Gasteiger partial charge in [0.25, 0.3) is 18.9 Å². The minimum Gasteiger partial charge on any atom is -0.497 e. The van der Waals surface area contributed by atoms with Gasteiger partial charge in [-0.05, 0) is 97.3 Å². The summed E-state index contributed by atoms with van der Waals surface area (Å²) in [7, 11) is -3.86. The lowest BCUT2D eigenvalue weighted by molar-refractivity contribution is -0.143. The van der Waals surface area contributed by atoms with Crippen molar-refractivity contribution in [2.24, 2.45) is 27.6 Å². The topological polar surface area (TPSA) is 155 Å². The second kappa shape index (κ2) is 23.5. The summed E-state index contributed by atoms with van der Waals surface area (Å²) in [6, 6.07) is 19.6. The van der Waals surface area contributed by atoms with E-state index < -0.39 is 121 Å². The fourth-order valence-electron chi connectivity index (χ4n) is 9.09. The summed E-state index contributed by atoms with van der Waals surface area (Å²) in [5, 5.41) is 0.366. The highest BCUT2D eigenvalue weighted by molar-refractivity contribution is 7.91. The van der Waals surface area contributed by atoms with Crippen LogP contribution in [0.3, 0.4) is 0 Å². The van der Waals surface area contributed by atoms with Crippen LogP contribution in [0, 0.1) is 23.5 Å². The van der Waals surface area contributed by atoms with Gasteiger partial charge in [0, 0.05) is 40.9 Å². The second-order valence-corrected chi connectivity index (χ2v) is 21.5. The molecule has 2 aliphatic heterocycles. The highest BCUT2D eigenvalue weighted by atomic mass is 35.5. The van der Waals surface area contributed by atoms with Gasteiger partial charge in [0.1, 0.15) is 35.4 Å². The zero-order chi connectivity index (χ0) is 59.9. The molecule has 2 fully saturated rings. The van der Waals surface area contributed by atoms with Crippen LogP contribution in [0.5, 0.6) is 5.75 Å². The molecule has 4 heterocycles. The maximum Gasteiger partial charge on any atom is 0.416 e. The summed E-state index contributed by atoms with van der Waals surface area (Å²) in [4.78, 5) is 26.2. The molecule has 82 heavy (non-hydrogen) atoms. The van der Waals surface area contributed by atoms with Gasteiger partial charge < -0.3 is 19.9 Å². The average molecular weight is 1220 g/mol. The average Bonchev–Trinajstić information content (AvgIpc) is 2.85. The van der Waals surface area contributed by atoms with E-state index in [1.807, 2.05) is 0 Å². The number of methoxy groups -OCH3 is 1. The van der Waals surface area contributed by atoms with Gasteiger partial charge in [0.2, 0.25) is 15.3 Å². The molecule has 434 valence electrons. The van der Waals surface area contributed by atoms with Gasteiger partial charge in [0.05, 0.1) is 51.0 Å². The first-order valence-corrected chi connectivity index (χ1v) is 26.1. The van der Waals surface area contributed by atoms with Gasteiger partial charge in [-0.25, -0.2) is 53.5 Å². The number of rotatable bonds is 13. The van der Waals surface area contributed by atoms with Crippen molar-refractivity contribution in [3.05, 3.63) is 188 Å². The number of halogens is 16. The third kappa shape index (κ3) is 12.8. The number of nitrogens with zero attached hydrogens (tertiary/aromatic N) is 4. The third-order valence-corrected chi connectivity index (χ3v) is 15.4. The first-order chi connectivity index (χ1) is 38.5. The Balaban J connectivity index is 0.000000161. The van der Waals surface area contributed by atoms with E-state index in [0.29, 0.717) is 17.0 Å². The summed E-state index contributed by atoms with van der Waals surface area (Å²) < 4.78 is 232. The monoisotopic (exact) mass is 1220 g/mol. The standard InChI is InChI=1S/C21H18F3NO3.C19H14ClF4N3O.C14H7ClF7NO2S/c1-27-13-7-8-16(22)14(9-13)21(20(23)24)15-10-18(15)28-19(25-21)11-17(26)12-5-3-2-4-6-12;20-10-2-4-15(26-8-10)14(22)6-9-1-3-13(21)11(5-9)19(17(23)24)12-7-16(12)28-18(25)27-19;15-9-1-2-11(23-6-9)12(16)26(24,25)10-4-7(13(17,18)19)3-8(5-10)14(20,21)22/h2-9,15,18,20H,10-11H2,1H3;1-6,8,12,16-17H,7H2,(H2,25,27);1-6,12H/b;14-6-;/t15-,18+,21+;12-,16+,19+;/m00./s1. The van der Waals surface area contributed by atoms with Crippen LogP contribution >= 0.6 is 23.2 Å². The number of sulfone groups is 1. The first kappa shape index (κ1) is 60.8. The van der Waals surface area contributed by atoms with E-state index in [1.165, 1.54) is 43.6 Å². The van der Waals surface area contributed by atoms with E-state index in [0.717, 1.165) is 42.6 Å². The van der Waals surface area contributed by atoms with Gasteiger partial charge in [-0.1, -0.05) is 59.6 Å². The number of ether oxygens (including phenoxy) is 3. The number of aliphatic imine (C=N–C) groups is 2. The Labute approximate surface area is 466 Å². The van der Waals surface area contributed by atoms with Crippen LogP contribution in [0.4, 0.5) is 61.5 Å². The predicted molar refractivity (Wildman–Crippen MR) is 270 cm³/mol. The number of benzene rings is 4. The number of carbonyl (C=O) groups excluding carboxylic acids is 1. The number of fused-ring (bicyclic) bond motifs is 2. The van der Waals surface area contributed by atoms with Crippen LogP contribution in [0.1, 0.15) is 74.3 Å². The molecule has 0 radical (unpaired) electrons. The van der Waals surface area contributed by atoms with E-state index in [9.17, 15) is 74.7 Å². The van der Waals surface area contributed by atoms with Gasteiger partial charge in [-0.2, -0.15) is 26.3 Å². The van der Waals surface area contributed by atoms with E-state index >= 15 is 0 Å². The number of amidine groups is 1. The van der Waals surface area contributed by atoms with Crippen molar-refractivity contribution in [1.29, 1.82) is 0 Å². The molecule has 2 N–H and O–H groups in total. The molecule has 2 aliphatic carbocycles. The lowest BCUT2D eigenvalue weighted by Crippen LogP contribution is -2.43. The van der Waals surface area contributed by atoms with Crippen molar-refractivity contribution in [3.8, 4) is 5.75 Å². The quantitative estimate of drug-likeness (QED) is 0.0878. The van der Waals surface area contributed by atoms with Crippen LogP contribution in [0.2, 0.25) is 10.0 Å². The molecule has 0 saturated heterocycles. The molecule has 0 amide bonds. The Kier molecular flexibility index (Phi) is 17.4. The van der Waals surface area contributed by atoms with Crippen molar-refractivity contribution in [1.82, 2.24) is 9.97 Å². The Morgan fingerprint density at radius 1 is 0.732 bits per heavy atom. The minimum atomic E-state index is -5.27. The lowest BCUT2D eigenvalue weighted by Gasteiger charge is -2.34. The Hall–Kier alpha value is -7.32. The molecule has 6 aromatic rings. The number of hydrogen-bond acceptors (Lipinski definition) is 11. The lowest BCUT2D eigenvalue weighted by atomic mass is 9.84. The number of aromatic nitrogens is 2. The molecular weight excluding hydrogens is 1180 g/mol. The maximum absolute atomic E-state index is 14.6. The Morgan fingerprint density at radius 3 is 1.82 bits per heavy atom. The molecule has 2 aromatic heterocycles. The van der Waals surface area contributed by atoms with Crippen LogP contribution in [0.15, 0.2) is 136 Å². The number of nitrogens with two attached hydrogens (primary N) is 1. The number of ketones is 1. The van der Waals surface area contributed by atoms with Gasteiger partial charge in [-0.15, -0.1) is 0 Å². The van der Waals surface area contributed by atoms with Crippen molar-refractivity contribution >= 4 is 62.6 Å². The highest BCUT2D eigenvalue weighted by Crippen LogP contribution is 2.58. The number of Topliss-reactive ketones (excluding diaryl/α,β-unsaturated/α-hetero) is 1. The van der Waals surface area contributed by atoms with Crippen LogP contribution < -0.4 is 10.5 Å². The van der Waals surface area contributed by atoms with E-state index in [2.05, 4.69) is 20.0 Å². The summed E-state index contributed by atoms with van der Waals surface area (Å²) >= 11 is 11.2. The molecule has 7 atom stereocenters. The Bertz CT molecular complexity index is 3530. The summed E-state index contributed by atoms with van der Waals surface area (Å²) in [6.07, 6.45) is -13.9. The summed E-state index contributed by atoms with van der Waals surface area (Å²) in [5.41, 5.74) is -6.12. The molecule has 0 spiro atoms. The van der Waals surface area contributed by atoms with Crippen LogP contribution in [-0.4, -0.2) is 68.3 Å². The molecule has 10 rings (SSSR count). The molecule has 11 nitrogen and oxygen atoms in total. The molecular formula is C54H39Cl2F14N5O6S. The van der Waals surface area contributed by atoms with Gasteiger partial charge in [0.15, 0.2) is 22.8 Å². The van der Waals surface area contributed by atoms with Crippen LogP contribution in [0.25, 0.3) is 11.9 Å². The van der Waals surface area contributed by atoms with E-state index in [4.69, 9.17) is 43.1 Å². The highest BCUT2D eigenvalue weighted by Gasteiger charge is 2.65. The minimum absolute atomic E-state index is 0.00874. The molecule has 4 aromatic carbocycles. The van der Waals surface area contributed by atoms with Crippen molar-refractivity contribution in [3.63, 3.8) is 0 Å². The van der Waals surface area contributed by atoms with Crippen LogP contribution in [-0.2, 0) is 42.7 Å². The number of carbonyl (C=O) groups is 1. The summed E-state index contributed by atoms with van der Waals surface area (Å²) in [5.74, 6) is -3.85. The zero-order valence-electron chi connectivity index (χ0n) is 41.6. The molecule has 0 bridgehead atoms. The Morgan fingerprint density at radius 2 is 1.28 bits per heavy atom. The molecule has 1 unspecified atom stereocenters. The normalized spacial score (nSPS) is 22.3. The first-order valence-electron chi connectivity index (χ1n) is 23.8. The summed E-state index contributed by atoms with van der Waals surface area (Å²) in [6.45, 7) is 0. The van der Waals surface area contributed by atoms with Gasteiger partial charge >= 0.3 is 12.4 Å². The van der Waals surface area contributed by atoms with Crippen molar-refractivity contribution < 1.29 is 88.9 Å². The molecule has 2 saturated carbocycles. The van der Waals surface area contributed by atoms with E-state index in [1.54, 1.807) is 30.3 Å². The fourth-order valence-corrected chi connectivity index (χ4v) is 10.6. The third-order valence-electron chi connectivity index (χ3n) is 13.3. The zero-order valence-corrected chi connectivity index (χ0v) is 43.9. The molecule has 4 aliphatic rings. The second-order valence-electron chi connectivity index (χ2n) is 18.6.